The molecule has 2 saturated heterocycles. The molecule has 8 nitrogen and oxygen atoms in total. The van der Waals surface area contributed by atoms with E-state index in [9.17, 15) is 14.4 Å². The fourth-order valence-electron chi connectivity index (χ4n) is 4.48. The molecule has 3 rings (SSSR count). The Morgan fingerprint density at radius 1 is 1.09 bits per heavy atom. The van der Waals surface area contributed by atoms with Crippen molar-refractivity contribution in [3.63, 3.8) is 0 Å². The van der Waals surface area contributed by atoms with Gasteiger partial charge in [0.25, 0.3) is 5.91 Å². The van der Waals surface area contributed by atoms with E-state index >= 15 is 0 Å². The third kappa shape index (κ3) is 6.69. The average molecular weight is 445 g/mol. The summed E-state index contributed by atoms with van der Waals surface area (Å²) in [6.07, 6.45) is 4.93. The van der Waals surface area contributed by atoms with Gasteiger partial charge in [-0.1, -0.05) is 25.1 Å². The van der Waals surface area contributed by atoms with Crippen LogP contribution >= 0.6 is 0 Å². The number of anilines is 1. The van der Waals surface area contributed by atoms with Crippen LogP contribution in [0, 0.1) is 5.92 Å². The molecule has 0 aromatic heterocycles. The highest BCUT2D eigenvalue weighted by Gasteiger charge is 2.27. The highest BCUT2D eigenvalue weighted by atomic mass is 16.6. The van der Waals surface area contributed by atoms with Gasteiger partial charge in [-0.25, -0.2) is 4.79 Å². The molecule has 0 bridgehead atoms. The lowest BCUT2D eigenvalue weighted by molar-refractivity contribution is -0.136. The predicted octanol–water partition coefficient (Wildman–Crippen LogP) is 2.59. The summed E-state index contributed by atoms with van der Waals surface area (Å²) in [6.45, 7) is 5.68. The summed E-state index contributed by atoms with van der Waals surface area (Å²) in [4.78, 5) is 41.3. The Morgan fingerprint density at radius 2 is 1.75 bits per heavy atom. The van der Waals surface area contributed by atoms with E-state index < -0.39 is 6.09 Å². The number of piperidine rings is 2. The van der Waals surface area contributed by atoms with E-state index in [1.54, 1.807) is 9.80 Å². The van der Waals surface area contributed by atoms with Crippen molar-refractivity contribution >= 4 is 24.1 Å². The summed E-state index contributed by atoms with van der Waals surface area (Å²) in [5, 5.41) is 2.76. The first-order valence-corrected chi connectivity index (χ1v) is 11.7. The molecule has 2 heterocycles. The van der Waals surface area contributed by atoms with Gasteiger partial charge in [0.2, 0.25) is 6.41 Å². The second-order valence-corrected chi connectivity index (χ2v) is 8.99. The third-order valence-electron chi connectivity index (χ3n) is 6.77. The lowest BCUT2D eigenvalue weighted by Gasteiger charge is -2.36. The number of likely N-dealkylation sites (tertiary alicyclic amines) is 2. The molecule has 1 aromatic carbocycles. The van der Waals surface area contributed by atoms with Gasteiger partial charge in [-0.2, -0.15) is 0 Å². The van der Waals surface area contributed by atoms with Gasteiger partial charge >= 0.3 is 6.09 Å². The highest BCUT2D eigenvalue weighted by Crippen LogP contribution is 2.20. The summed E-state index contributed by atoms with van der Waals surface area (Å²) in [5.41, 5.74) is 1.96. The maximum absolute atomic E-state index is 12.4. The zero-order valence-electron chi connectivity index (χ0n) is 19.3. The number of rotatable bonds is 8. The summed E-state index contributed by atoms with van der Waals surface area (Å²) < 4.78 is 5.31. The minimum atomic E-state index is -0.390. The van der Waals surface area contributed by atoms with Gasteiger partial charge in [0.15, 0.2) is 6.61 Å². The highest BCUT2D eigenvalue weighted by molar-refractivity contribution is 5.80. The van der Waals surface area contributed by atoms with Crippen LogP contribution in [0.15, 0.2) is 24.3 Å². The minimum absolute atomic E-state index is 0.0933. The molecule has 2 aliphatic rings. The molecule has 0 radical (unpaired) electrons. The fourth-order valence-corrected chi connectivity index (χ4v) is 4.48. The standard InChI is InChI=1S/C24H36N4O4/c1-19-7-13-27(14-8-19)23(30)17-32-24(31)28-15-10-21(11-16-28)26(2)12-9-20-5-3-4-6-22(20)25-18-29/h3-6,18-19,21H,7-17H2,1-2H3,(H,25,29). The van der Waals surface area contributed by atoms with E-state index in [-0.39, 0.29) is 12.5 Å². The van der Waals surface area contributed by atoms with Crippen LogP contribution in [0.1, 0.15) is 38.2 Å². The van der Waals surface area contributed by atoms with Crippen LogP contribution in [0.3, 0.4) is 0 Å². The number of para-hydroxylation sites is 1. The van der Waals surface area contributed by atoms with E-state index in [4.69, 9.17) is 4.74 Å². The monoisotopic (exact) mass is 444 g/mol. The van der Waals surface area contributed by atoms with Crippen molar-refractivity contribution in [2.75, 3.05) is 51.7 Å². The number of benzene rings is 1. The Kier molecular flexibility index (Phi) is 8.90. The van der Waals surface area contributed by atoms with Crippen molar-refractivity contribution in [1.82, 2.24) is 14.7 Å². The lowest BCUT2D eigenvalue weighted by atomic mass is 9.99. The van der Waals surface area contributed by atoms with Crippen molar-refractivity contribution in [1.29, 1.82) is 0 Å². The molecule has 2 aliphatic heterocycles. The zero-order valence-corrected chi connectivity index (χ0v) is 19.3. The summed E-state index contributed by atoms with van der Waals surface area (Å²) in [5.74, 6) is 0.563. The van der Waals surface area contributed by atoms with E-state index in [1.165, 1.54) is 0 Å². The third-order valence-corrected chi connectivity index (χ3v) is 6.77. The Bertz CT molecular complexity index is 771. The van der Waals surface area contributed by atoms with Gasteiger partial charge in [-0.3, -0.25) is 9.59 Å². The van der Waals surface area contributed by atoms with Crippen LogP contribution in [0.2, 0.25) is 0 Å². The first kappa shape index (κ1) is 24.0. The number of carbonyl (C=O) groups excluding carboxylic acids is 3. The molecule has 8 heteroatoms. The Hall–Kier alpha value is -2.61. The minimum Gasteiger partial charge on any atom is -0.439 e. The Labute approximate surface area is 190 Å². The Morgan fingerprint density at radius 3 is 2.44 bits per heavy atom. The molecule has 0 atom stereocenters. The first-order valence-electron chi connectivity index (χ1n) is 11.7. The number of carbonyl (C=O) groups is 3. The molecule has 0 unspecified atom stereocenters. The second-order valence-electron chi connectivity index (χ2n) is 8.99. The molecule has 32 heavy (non-hydrogen) atoms. The maximum atomic E-state index is 12.4. The first-order chi connectivity index (χ1) is 15.5. The Balaban J connectivity index is 1.37. The molecular formula is C24H36N4O4. The second kappa shape index (κ2) is 11.9. The SMILES string of the molecule is CC1CCN(C(=O)COC(=O)N2CCC(N(C)CCc3ccccc3NC=O)CC2)CC1. The van der Waals surface area contributed by atoms with Crippen molar-refractivity contribution in [3.8, 4) is 0 Å². The number of amides is 3. The van der Waals surface area contributed by atoms with Gasteiger partial charge in [0.1, 0.15) is 0 Å². The van der Waals surface area contributed by atoms with Crippen molar-refractivity contribution < 1.29 is 19.1 Å². The maximum Gasteiger partial charge on any atom is 0.410 e. The summed E-state index contributed by atoms with van der Waals surface area (Å²) in [6, 6.07) is 8.22. The number of ether oxygens (including phenoxy) is 1. The van der Waals surface area contributed by atoms with Gasteiger partial charge < -0.3 is 24.8 Å². The van der Waals surface area contributed by atoms with Crippen LogP contribution < -0.4 is 5.32 Å². The van der Waals surface area contributed by atoms with Gasteiger partial charge in [-0.05, 0) is 56.7 Å². The van der Waals surface area contributed by atoms with Crippen LogP contribution in [-0.2, 0) is 20.7 Å². The predicted molar refractivity (Wildman–Crippen MR) is 123 cm³/mol. The van der Waals surface area contributed by atoms with Crippen molar-refractivity contribution in [2.24, 2.45) is 5.92 Å². The van der Waals surface area contributed by atoms with Gasteiger partial charge in [0, 0.05) is 44.5 Å². The molecule has 1 aromatic rings. The van der Waals surface area contributed by atoms with Gasteiger partial charge in [0.05, 0.1) is 0 Å². The number of hydrogen-bond acceptors (Lipinski definition) is 5. The number of nitrogens with zero attached hydrogens (tertiary/aromatic N) is 3. The van der Waals surface area contributed by atoms with Crippen LogP contribution in [0.5, 0.6) is 0 Å². The molecule has 3 amide bonds. The fraction of sp³-hybridized carbons (Fsp3) is 0.625. The lowest BCUT2D eigenvalue weighted by Crippen LogP contribution is -2.47. The van der Waals surface area contributed by atoms with E-state index in [2.05, 4.69) is 24.2 Å². The molecular weight excluding hydrogens is 408 g/mol. The number of nitrogens with one attached hydrogen (secondary N) is 1. The molecule has 0 spiro atoms. The summed E-state index contributed by atoms with van der Waals surface area (Å²) in [7, 11) is 2.10. The molecule has 176 valence electrons. The van der Waals surface area contributed by atoms with Crippen molar-refractivity contribution in [3.05, 3.63) is 29.8 Å². The normalized spacial score (nSPS) is 18.0. The average Bonchev–Trinajstić information content (AvgIpc) is 2.82. The summed E-state index contributed by atoms with van der Waals surface area (Å²) >= 11 is 0. The largest absolute Gasteiger partial charge is 0.439 e. The molecule has 1 N–H and O–H groups in total. The van der Waals surface area contributed by atoms with Gasteiger partial charge in [-0.15, -0.1) is 0 Å². The smallest absolute Gasteiger partial charge is 0.410 e. The molecule has 0 aliphatic carbocycles. The van der Waals surface area contributed by atoms with E-state index in [0.717, 1.165) is 63.0 Å². The number of likely N-dealkylation sites (N-methyl/N-ethyl adjacent to an activating group) is 1. The van der Waals surface area contributed by atoms with Crippen LogP contribution in [0.25, 0.3) is 0 Å². The van der Waals surface area contributed by atoms with E-state index in [1.807, 2.05) is 24.3 Å². The quantitative estimate of drug-likeness (QED) is 0.624. The van der Waals surface area contributed by atoms with Crippen molar-refractivity contribution in [2.45, 2.75) is 45.1 Å². The number of hydrogen-bond donors (Lipinski definition) is 1. The van der Waals surface area contributed by atoms with Crippen LogP contribution in [0.4, 0.5) is 10.5 Å². The molecule has 0 saturated carbocycles. The molecule has 2 fully saturated rings. The zero-order chi connectivity index (χ0) is 22.9. The van der Waals surface area contributed by atoms with E-state index in [0.29, 0.717) is 31.5 Å². The van der Waals surface area contributed by atoms with Crippen LogP contribution in [-0.4, -0.2) is 85.5 Å². The topological polar surface area (TPSA) is 82.2 Å².